The fraction of sp³-hybridized carbons (Fsp3) is 0.0476. The number of ketones is 1. The van der Waals surface area contributed by atoms with Crippen molar-refractivity contribution in [1.29, 1.82) is 0 Å². The molecule has 4 rings (SSSR count). The Kier molecular flexibility index (Phi) is 5.95. The highest BCUT2D eigenvalue weighted by Gasteiger charge is 2.16. The number of halogens is 1. The molecule has 0 aliphatic rings. The second kappa shape index (κ2) is 8.77. The maximum Gasteiger partial charge on any atom is 0.210 e. The van der Waals surface area contributed by atoms with Crippen molar-refractivity contribution < 1.29 is 4.79 Å². The van der Waals surface area contributed by atoms with Crippen LogP contribution < -0.4 is 0 Å². The van der Waals surface area contributed by atoms with E-state index in [1.54, 1.807) is 0 Å². The number of hydrogen-bond donors (Lipinski definition) is 0. The van der Waals surface area contributed by atoms with Crippen LogP contribution in [0.4, 0.5) is 0 Å². The highest BCUT2D eigenvalue weighted by molar-refractivity contribution is 9.10. The van der Waals surface area contributed by atoms with Crippen LogP contribution in [0.25, 0.3) is 22.5 Å². The summed E-state index contributed by atoms with van der Waals surface area (Å²) in [5, 5.41) is 11.1. The van der Waals surface area contributed by atoms with Crippen molar-refractivity contribution in [2.75, 3.05) is 5.75 Å². The topological polar surface area (TPSA) is 55.7 Å². The van der Waals surface area contributed by atoms with Crippen LogP contribution in [-0.4, -0.2) is 26.7 Å². The molecule has 0 radical (unpaired) electrons. The Balaban J connectivity index is 1.65. The van der Waals surface area contributed by atoms with E-state index in [2.05, 4.69) is 26.1 Å². The first kappa shape index (κ1) is 19.0. The lowest BCUT2D eigenvalue weighted by Crippen LogP contribution is -2.04. The number of aromatic nitrogens is 3. The van der Waals surface area contributed by atoms with Crippen LogP contribution in [0.3, 0.4) is 0 Å². The molecule has 4 aromatic rings. The summed E-state index contributed by atoms with van der Waals surface area (Å²) in [6, 6.07) is 21.6. The lowest BCUT2D eigenvalue weighted by atomic mass is 10.0. The van der Waals surface area contributed by atoms with Gasteiger partial charge < -0.3 is 0 Å². The molecule has 138 valence electrons. The van der Waals surface area contributed by atoms with Gasteiger partial charge in [0.05, 0.1) is 10.6 Å². The molecule has 0 spiro atoms. The molecule has 0 atom stereocenters. The summed E-state index contributed by atoms with van der Waals surface area (Å²) in [6.07, 6.45) is 0. The predicted octanol–water partition coefficient (Wildman–Crippen LogP) is 6.00. The molecule has 4 nitrogen and oxygen atoms in total. The molecule has 0 unspecified atom stereocenters. The fourth-order valence-corrected chi connectivity index (χ4v) is 4.93. The van der Waals surface area contributed by atoms with Crippen LogP contribution in [0.1, 0.15) is 9.67 Å². The van der Waals surface area contributed by atoms with E-state index in [9.17, 15) is 4.79 Å². The third-order valence-corrected chi connectivity index (χ3v) is 6.68. The van der Waals surface area contributed by atoms with E-state index in [1.807, 2.05) is 72.1 Å². The van der Waals surface area contributed by atoms with Gasteiger partial charge in [-0.3, -0.25) is 4.79 Å². The molecule has 28 heavy (non-hydrogen) atoms. The van der Waals surface area contributed by atoms with E-state index in [4.69, 9.17) is 4.98 Å². The summed E-state index contributed by atoms with van der Waals surface area (Å²) in [7, 11) is 0. The zero-order chi connectivity index (χ0) is 19.3. The van der Waals surface area contributed by atoms with Crippen molar-refractivity contribution in [3.63, 3.8) is 0 Å². The molecule has 0 saturated carbocycles. The molecular weight excluding hydrogens is 454 g/mol. The Morgan fingerprint density at radius 2 is 1.54 bits per heavy atom. The van der Waals surface area contributed by atoms with Gasteiger partial charge in [0, 0.05) is 15.6 Å². The number of thioether (sulfide) groups is 1. The number of Topliss-reactive ketones (excluding diaryl/α,β-unsaturated/α-hetero) is 1. The zero-order valence-corrected chi connectivity index (χ0v) is 17.8. The van der Waals surface area contributed by atoms with Crippen LogP contribution in [-0.2, 0) is 0 Å². The van der Waals surface area contributed by atoms with Crippen LogP contribution >= 0.6 is 39.0 Å². The molecule has 0 amide bonds. The maximum absolute atomic E-state index is 12.4. The van der Waals surface area contributed by atoms with Crippen molar-refractivity contribution in [1.82, 2.24) is 15.2 Å². The molecular formula is C21H14BrN3OS2. The van der Waals surface area contributed by atoms with Crippen molar-refractivity contribution in [2.24, 2.45) is 0 Å². The van der Waals surface area contributed by atoms with Gasteiger partial charge in [0.15, 0.2) is 5.78 Å². The smallest absolute Gasteiger partial charge is 0.210 e. The summed E-state index contributed by atoms with van der Waals surface area (Å²) in [4.78, 5) is 17.9. The number of nitrogens with zero attached hydrogens (tertiary/aromatic N) is 3. The van der Waals surface area contributed by atoms with Gasteiger partial charge in [0.2, 0.25) is 5.16 Å². The minimum Gasteiger partial charge on any atom is -0.292 e. The van der Waals surface area contributed by atoms with Gasteiger partial charge in [-0.15, -0.1) is 21.5 Å². The van der Waals surface area contributed by atoms with Gasteiger partial charge in [-0.1, -0.05) is 72.4 Å². The first-order valence-corrected chi connectivity index (χ1v) is 11.1. The van der Waals surface area contributed by atoms with Crippen LogP contribution in [0.15, 0.2) is 81.7 Å². The normalized spacial score (nSPS) is 10.8. The first-order chi connectivity index (χ1) is 13.7. The molecule has 0 aliphatic carbocycles. The lowest BCUT2D eigenvalue weighted by Gasteiger charge is -2.09. The minimum absolute atomic E-state index is 0.0453. The minimum atomic E-state index is 0.0453. The average molecular weight is 468 g/mol. The monoisotopic (exact) mass is 467 g/mol. The molecule has 2 aromatic carbocycles. The standard InChI is InChI=1S/C21H14BrN3OS2/c22-16-11-12-27-20(16)17(26)13-28-21-23-18(14-7-3-1-4-8-14)19(24-25-21)15-9-5-2-6-10-15/h1-12H,13H2. The van der Waals surface area contributed by atoms with Gasteiger partial charge in [-0.05, 0) is 27.4 Å². The number of thiophene rings is 1. The molecule has 0 fully saturated rings. The summed E-state index contributed by atoms with van der Waals surface area (Å²) in [6.45, 7) is 0. The lowest BCUT2D eigenvalue weighted by molar-refractivity contribution is 0.102. The highest BCUT2D eigenvalue weighted by atomic mass is 79.9. The van der Waals surface area contributed by atoms with Crippen LogP contribution in [0.5, 0.6) is 0 Å². The van der Waals surface area contributed by atoms with Gasteiger partial charge in [-0.2, -0.15) is 0 Å². The van der Waals surface area contributed by atoms with E-state index < -0.39 is 0 Å². The van der Waals surface area contributed by atoms with Crippen molar-refractivity contribution in [3.8, 4) is 22.5 Å². The third-order valence-electron chi connectivity index (χ3n) is 3.96. The van der Waals surface area contributed by atoms with Gasteiger partial charge in [0.1, 0.15) is 11.4 Å². The van der Waals surface area contributed by atoms with E-state index in [0.29, 0.717) is 10.0 Å². The Labute approximate surface area is 179 Å². The van der Waals surface area contributed by atoms with E-state index in [1.165, 1.54) is 23.1 Å². The SMILES string of the molecule is O=C(CSc1nnc(-c2ccccc2)c(-c2ccccc2)n1)c1sccc1Br. The highest BCUT2D eigenvalue weighted by Crippen LogP contribution is 2.30. The Morgan fingerprint density at radius 3 is 2.14 bits per heavy atom. The Morgan fingerprint density at radius 1 is 0.893 bits per heavy atom. The average Bonchev–Trinajstić information content (AvgIpc) is 3.19. The van der Waals surface area contributed by atoms with Crippen molar-refractivity contribution >= 4 is 44.8 Å². The van der Waals surface area contributed by atoms with E-state index >= 15 is 0 Å². The largest absolute Gasteiger partial charge is 0.292 e. The number of rotatable bonds is 6. The Bertz CT molecular complexity index is 1100. The molecule has 7 heteroatoms. The zero-order valence-electron chi connectivity index (χ0n) is 14.6. The molecule has 0 N–H and O–H groups in total. The predicted molar refractivity (Wildman–Crippen MR) is 118 cm³/mol. The summed E-state index contributed by atoms with van der Waals surface area (Å²) < 4.78 is 0.826. The van der Waals surface area contributed by atoms with Gasteiger partial charge in [0.25, 0.3) is 0 Å². The van der Waals surface area contributed by atoms with Crippen LogP contribution in [0, 0.1) is 0 Å². The van der Waals surface area contributed by atoms with E-state index in [0.717, 1.165) is 27.0 Å². The van der Waals surface area contributed by atoms with E-state index in [-0.39, 0.29) is 11.5 Å². The summed E-state index contributed by atoms with van der Waals surface area (Å²) in [5.74, 6) is 0.309. The second-order valence-corrected chi connectivity index (χ2v) is 8.55. The molecule has 2 heterocycles. The second-order valence-electron chi connectivity index (χ2n) is 5.83. The number of hydrogen-bond acceptors (Lipinski definition) is 6. The molecule has 0 saturated heterocycles. The van der Waals surface area contributed by atoms with Crippen molar-refractivity contribution in [3.05, 3.63) is 81.5 Å². The number of carbonyl (C=O) groups excluding carboxylic acids is 1. The van der Waals surface area contributed by atoms with Crippen molar-refractivity contribution in [2.45, 2.75) is 5.16 Å². The molecule has 0 aliphatic heterocycles. The maximum atomic E-state index is 12.4. The number of benzene rings is 2. The van der Waals surface area contributed by atoms with Gasteiger partial charge in [-0.25, -0.2) is 4.98 Å². The van der Waals surface area contributed by atoms with Crippen LogP contribution in [0.2, 0.25) is 0 Å². The Hall–Kier alpha value is -2.35. The summed E-state index contributed by atoms with van der Waals surface area (Å²) in [5.41, 5.74) is 3.40. The summed E-state index contributed by atoms with van der Waals surface area (Å²) >= 11 is 6.13. The quantitative estimate of drug-likeness (QED) is 0.257. The fourth-order valence-electron chi connectivity index (χ4n) is 2.65. The number of carbonyl (C=O) groups is 1. The molecule has 2 aromatic heterocycles. The first-order valence-electron chi connectivity index (χ1n) is 8.47. The molecule has 0 bridgehead atoms. The van der Waals surface area contributed by atoms with Gasteiger partial charge >= 0.3 is 0 Å². The third kappa shape index (κ3) is 4.22.